The van der Waals surface area contributed by atoms with Crippen LogP contribution in [0.25, 0.3) is 0 Å². The fraction of sp³-hybridized carbons (Fsp3) is 0.867. The zero-order chi connectivity index (χ0) is 14.6. The van der Waals surface area contributed by atoms with Crippen LogP contribution in [0.1, 0.15) is 52.4 Å². The van der Waals surface area contributed by atoms with Gasteiger partial charge >= 0.3 is 0 Å². The van der Waals surface area contributed by atoms with Crippen LogP contribution in [0, 0.1) is 5.92 Å². The van der Waals surface area contributed by atoms with Crippen LogP contribution in [0.4, 0.5) is 0 Å². The molecule has 0 aromatic rings. The molecule has 0 atom stereocenters. The van der Waals surface area contributed by atoms with Crippen LogP contribution in [0.5, 0.6) is 0 Å². The van der Waals surface area contributed by atoms with E-state index in [0.29, 0.717) is 13.1 Å². The normalized spacial score (nSPS) is 15.4. The number of rotatable bonds is 8. The van der Waals surface area contributed by atoms with Crippen molar-refractivity contribution in [3.63, 3.8) is 0 Å². The molecule has 6 heteroatoms. The Labute approximate surface area is 146 Å². The van der Waals surface area contributed by atoms with Crippen molar-refractivity contribution in [2.45, 2.75) is 52.4 Å². The highest BCUT2D eigenvalue weighted by molar-refractivity contribution is 14.0. The van der Waals surface area contributed by atoms with Crippen molar-refractivity contribution in [1.82, 2.24) is 16.0 Å². The van der Waals surface area contributed by atoms with Crippen molar-refractivity contribution in [3.05, 3.63) is 0 Å². The van der Waals surface area contributed by atoms with E-state index >= 15 is 0 Å². The van der Waals surface area contributed by atoms with Gasteiger partial charge in [-0.05, 0) is 25.7 Å². The smallest absolute Gasteiger partial charge is 0.216 e. The Bertz CT molecular complexity index is 304. The monoisotopic (exact) mass is 410 g/mol. The maximum atomic E-state index is 10.8. The van der Waals surface area contributed by atoms with Crippen LogP contribution >= 0.6 is 24.0 Å². The summed E-state index contributed by atoms with van der Waals surface area (Å²) < 4.78 is 0. The number of amides is 1. The van der Waals surface area contributed by atoms with Gasteiger partial charge in [-0.15, -0.1) is 24.0 Å². The summed E-state index contributed by atoms with van der Waals surface area (Å²) in [4.78, 5) is 15.3. The summed E-state index contributed by atoms with van der Waals surface area (Å²) >= 11 is 0. The molecule has 0 aromatic carbocycles. The fourth-order valence-corrected chi connectivity index (χ4v) is 2.63. The first-order valence-electron chi connectivity index (χ1n) is 7.99. The third kappa shape index (κ3) is 10.8. The SMILES string of the molecule is CCNC(=NCCCC1CCCC1)NCCNC(C)=O.I. The van der Waals surface area contributed by atoms with Crippen LogP contribution in [0.15, 0.2) is 4.99 Å². The number of carbonyl (C=O) groups excluding carboxylic acids is 1. The Morgan fingerprint density at radius 3 is 2.43 bits per heavy atom. The minimum absolute atomic E-state index is 0. The highest BCUT2D eigenvalue weighted by Gasteiger charge is 2.13. The molecule has 0 unspecified atom stereocenters. The predicted octanol–water partition coefficient (Wildman–Crippen LogP) is 2.27. The van der Waals surface area contributed by atoms with Gasteiger partial charge in [0, 0.05) is 33.1 Å². The van der Waals surface area contributed by atoms with Crippen molar-refractivity contribution in [2.75, 3.05) is 26.2 Å². The summed E-state index contributed by atoms with van der Waals surface area (Å²) in [6.45, 7) is 6.66. The third-order valence-corrected chi connectivity index (χ3v) is 3.65. The minimum Gasteiger partial charge on any atom is -0.357 e. The van der Waals surface area contributed by atoms with Crippen LogP contribution in [0.3, 0.4) is 0 Å². The first kappa shape index (κ1) is 20.5. The quantitative estimate of drug-likeness (QED) is 0.249. The topological polar surface area (TPSA) is 65.5 Å². The van der Waals surface area contributed by atoms with E-state index < -0.39 is 0 Å². The first-order valence-corrected chi connectivity index (χ1v) is 7.99. The van der Waals surface area contributed by atoms with Gasteiger partial charge in [0.15, 0.2) is 5.96 Å². The minimum atomic E-state index is 0. The Kier molecular flexibility index (Phi) is 12.8. The first-order chi connectivity index (χ1) is 9.72. The van der Waals surface area contributed by atoms with Crippen LogP contribution in [0.2, 0.25) is 0 Å². The van der Waals surface area contributed by atoms with E-state index in [1.165, 1.54) is 45.4 Å². The van der Waals surface area contributed by atoms with Gasteiger partial charge in [0.2, 0.25) is 5.91 Å². The third-order valence-electron chi connectivity index (χ3n) is 3.65. The number of nitrogens with one attached hydrogen (secondary N) is 3. The average Bonchev–Trinajstić information content (AvgIpc) is 2.92. The molecule has 0 spiro atoms. The molecule has 0 aromatic heterocycles. The van der Waals surface area contributed by atoms with Crippen molar-refractivity contribution >= 4 is 35.8 Å². The predicted molar refractivity (Wildman–Crippen MR) is 99.3 cm³/mol. The highest BCUT2D eigenvalue weighted by Crippen LogP contribution is 2.28. The van der Waals surface area contributed by atoms with Gasteiger partial charge in [0.05, 0.1) is 0 Å². The van der Waals surface area contributed by atoms with Gasteiger partial charge in [-0.3, -0.25) is 9.79 Å². The lowest BCUT2D eigenvalue weighted by atomic mass is 10.0. The lowest BCUT2D eigenvalue weighted by Gasteiger charge is -2.12. The van der Waals surface area contributed by atoms with E-state index in [1.807, 2.05) is 0 Å². The van der Waals surface area contributed by atoms with Gasteiger partial charge in [-0.2, -0.15) is 0 Å². The van der Waals surface area contributed by atoms with Gasteiger partial charge in [0.25, 0.3) is 0 Å². The summed E-state index contributed by atoms with van der Waals surface area (Å²) in [5.41, 5.74) is 0. The molecule has 5 nitrogen and oxygen atoms in total. The molecule has 124 valence electrons. The van der Waals surface area contributed by atoms with E-state index in [9.17, 15) is 4.79 Å². The van der Waals surface area contributed by atoms with Crippen molar-refractivity contribution in [3.8, 4) is 0 Å². The Morgan fingerprint density at radius 2 is 1.81 bits per heavy atom. The molecule has 1 aliphatic rings. The Hall–Kier alpha value is -0.530. The molecule has 21 heavy (non-hydrogen) atoms. The molecular weight excluding hydrogens is 379 g/mol. The Balaban J connectivity index is 0.00000400. The van der Waals surface area contributed by atoms with Gasteiger partial charge < -0.3 is 16.0 Å². The molecule has 1 rings (SSSR count). The van der Waals surface area contributed by atoms with E-state index in [1.54, 1.807) is 0 Å². The van der Waals surface area contributed by atoms with E-state index in [4.69, 9.17) is 0 Å². The van der Waals surface area contributed by atoms with Crippen LogP contribution in [-0.4, -0.2) is 38.0 Å². The number of halogens is 1. The molecule has 1 fully saturated rings. The highest BCUT2D eigenvalue weighted by atomic mass is 127. The van der Waals surface area contributed by atoms with Crippen molar-refractivity contribution in [2.24, 2.45) is 10.9 Å². The second kappa shape index (κ2) is 13.2. The molecule has 0 aliphatic heterocycles. The van der Waals surface area contributed by atoms with Crippen LogP contribution in [-0.2, 0) is 4.79 Å². The van der Waals surface area contributed by atoms with Crippen molar-refractivity contribution in [1.29, 1.82) is 0 Å². The molecule has 0 saturated heterocycles. The second-order valence-electron chi connectivity index (χ2n) is 5.46. The zero-order valence-electron chi connectivity index (χ0n) is 13.4. The molecule has 3 N–H and O–H groups in total. The Morgan fingerprint density at radius 1 is 1.14 bits per heavy atom. The fourth-order valence-electron chi connectivity index (χ4n) is 2.63. The van der Waals surface area contributed by atoms with Crippen LogP contribution < -0.4 is 16.0 Å². The van der Waals surface area contributed by atoms with Gasteiger partial charge in [0.1, 0.15) is 0 Å². The number of nitrogens with zero attached hydrogens (tertiary/aromatic N) is 1. The lowest BCUT2D eigenvalue weighted by molar-refractivity contribution is -0.118. The average molecular weight is 410 g/mol. The number of aliphatic imine (C=N–C) groups is 1. The van der Waals surface area contributed by atoms with E-state index in [2.05, 4.69) is 27.9 Å². The number of hydrogen-bond donors (Lipinski definition) is 3. The number of hydrogen-bond acceptors (Lipinski definition) is 2. The van der Waals surface area contributed by atoms with Gasteiger partial charge in [-0.1, -0.05) is 25.7 Å². The maximum Gasteiger partial charge on any atom is 0.216 e. The lowest BCUT2D eigenvalue weighted by Crippen LogP contribution is -2.41. The van der Waals surface area contributed by atoms with E-state index in [0.717, 1.165) is 25.0 Å². The molecule has 1 saturated carbocycles. The number of guanidine groups is 1. The van der Waals surface area contributed by atoms with E-state index in [-0.39, 0.29) is 29.9 Å². The summed E-state index contributed by atoms with van der Waals surface area (Å²) in [5.74, 6) is 1.80. The molecule has 0 radical (unpaired) electrons. The molecule has 1 amide bonds. The largest absolute Gasteiger partial charge is 0.357 e. The molecule has 0 heterocycles. The standard InChI is InChI=1S/C15H30N4O.HI/c1-3-16-15(19-12-11-17-13(2)20)18-10-6-9-14-7-4-5-8-14;/h14H,3-12H2,1-2H3,(H,17,20)(H2,16,18,19);1H. The number of carbonyl (C=O) groups is 1. The summed E-state index contributed by atoms with van der Waals surface area (Å²) in [5, 5.41) is 9.22. The summed E-state index contributed by atoms with van der Waals surface area (Å²) in [7, 11) is 0. The van der Waals surface area contributed by atoms with Crippen molar-refractivity contribution < 1.29 is 4.79 Å². The maximum absolute atomic E-state index is 10.8. The second-order valence-corrected chi connectivity index (χ2v) is 5.46. The summed E-state index contributed by atoms with van der Waals surface area (Å²) in [6.07, 6.45) is 8.15. The van der Waals surface area contributed by atoms with Gasteiger partial charge in [-0.25, -0.2) is 0 Å². The summed E-state index contributed by atoms with van der Waals surface area (Å²) in [6, 6.07) is 0. The zero-order valence-corrected chi connectivity index (χ0v) is 15.7. The molecule has 0 bridgehead atoms. The molecule has 1 aliphatic carbocycles. The molecular formula is C15H31IN4O.